The Morgan fingerprint density at radius 2 is 1.86 bits per heavy atom. The number of aromatic nitrogens is 1. The SMILES string of the molecule is CC(C)[C@H](N)C(=O)OCCC[C@@H](COC(=O)Nc1cc2cc(F)ccc2cn1)N(C)C(=O)NCc1cccc(F)c1Cl. The number of fused-ring (bicyclic) bond motifs is 1. The first-order chi connectivity index (χ1) is 20.0. The molecule has 42 heavy (non-hydrogen) atoms. The summed E-state index contributed by atoms with van der Waals surface area (Å²) in [5.74, 6) is -1.50. The highest BCUT2D eigenvalue weighted by molar-refractivity contribution is 6.31. The van der Waals surface area contributed by atoms with E-state index in [0.717, 1.165) is 0 Å². The van der Waals surface area contributed by atoms with Gasteiger partial charge in [0.15, 0.2) is 0 Å². The van der Waals surface area contributed by atoms with Crippen molar-refractivity contribution < 1.29 is 32.6 Å². The van der Waals surface area contributed by atoms with E-state index < -0.39 is 41.8 Å². The van der Waals surface area contributed by atoms with Gasteiger partial charge in [-0.25, -0.2) is 23.4 Å². The van der Waals surface area contributed by atoms with Crippen LogP contribution in [0.3, 0.4) is 0 Å². The second-order valence-corrected chi connectivity index (χ2v) is 10.4. The van der Waals surface area contributed by atoms with E-state index in [2.05, 4.69) is 15.6 Å². The van der Waals surface area contributed by atoms with Gasteiger partial charge < -0.3 is 25.4 Å². The molecule has 1 aromatic heterocycles. The summed E-state index contributed by atoms with van der Waals surface area (Å²) in [6.45, 7) is 3.42. The van der Waals surface area contributed by atoms with E-state index >= 15 is 0 Å². The normalized spacial score (nSPS) is 12.5. The number of hydrogen-bond acceptors (Lipinski definition) is 7. The average Bonchev–Trinajstić information content (AvgIpc) is 2.96. The third-order valence-electron chi connectivity index (χ3n) is 6.57. The quantitative estimate of drug-likeness (QED) is 0.190. The molecule has 1 heterocycles. The van der Waals surface area contributed by atoms with E-state index in [1.807, 2.05) is 0 Å². The minimum atomic E-state index is -0.835. The van der Waals surface area contributed by atoms with Crippen LogP contribution in [0.4, 0.5) is 24.2 Å². The number of nitrogens with one attached hydrogen (secondary N) is 2. The van der Waals surface area contributed by atoms with Crippen LogP contribution in [0.25, 0.3) is 10.8 Å². The number of pyridine rings is 1. The predicted molar refractivity (Wildman–Crippen MR) is 155 cm³/mol. The molecule has 4 N–H and O–H groups in total. The van der Waals surface area contributed by atoms with Crippen molar-refractivity contribution in [1.29, 1.82) is 0 Å². The van der Waals surface area contributed by atoms with E-state index in [1.54, 1.807) is 26.0 Å². The second-order valence-electron chi connectivity index (χ2n) is 10.0. The smallest absolute Gasteiger partial charge is 0.412 e. The number of benzene rings is 2. The fourth-order valence-electron chi connectivity index (χ4n) is 3.89. The highest BCUT2D eigenvalue weighted by atomic mass is 35.5. The number of nitrogens with zero attached hydrogens (tertiary/aromatic N) is 2. The molecule has 2 aromatic carbocycles. The highest BCUT2D eigenvalue weighted by Gasteiger charge is 2.23. The van der Waals surface area contributed by atoms with E-state index in [1.165, 1.54) is 48.5 Å². The Bertz CT molecular complexity index is 1410. The zero-order valence-corrected chi connectivity index (χ0v) is 24.3. The molecule has 0 saturated heterocycles. The Morgan fingerprint density at radius 1 is 1.10 bits per heavy atom. The molecule has 0 aliphatic heterocycles. The lowest BCUT2D eigenvalue weighted by Gasteiger charge is -2.28. The molecule has 0 radical (unpaired) electrons. The summed E-state index contributed by atoms with van der Waals surface area (Å²) < 4.78 is 38.0. The molecule has 0 saturated carbocycles. The molecule has 2 atom stereocenters. The largest absolute Gasteiger partial charge is 0.465 e. The number of carbonyl (C=O) groups is 3. The van der Waals surface area contributed by atoms with Crippen LogP contribution in [-0.4, -0.2) is 60.3 Å². The first-order valence-electron chi connectivity index (χ1n) is 13.3. The molecular weight excluding hydrogens is 572 g/mol. The molecule has 0 unspecified atom stereocenters. The van der Waals surface area contributed by atoms with Gasteiger partial charge in [-0.05, 0) is 60.0 Å². The maximum atomic E-state index is 13.8. The van der Waals surface area contributed by atoms with Gasteiger partial charge in [0.2, 0.25) is 0 Å². The Morgan fingerprint density at radius 3 is 2.60 bits per heavy atom. The second kappa shape index (κ2) is 15.3. The minimum Gasteiger partial charge on any atom is -0.465 e. The lowest BCUT2D eigenvalue weighted by Crippen LogP contribution is -2.46. The van der Waals surface area contributed by atoms with Crippen LogP contribution in [0.15, 0.2) is 48.7 Å². The molecule has 0 spiro atoms. The van der Waals surface area contributed by atoms with Crippen molar-refractivity contribution in [2.75, 3.05) is 25.6 Å². The standard InChI is InChI=1S/C29H34ClF2N5O5/c1-17(2)26(33)27(38)41-11-5-7-22(37(3)28(39)35-15-19-6-4-8-23(32)25(19)30)16-42-29(40)36-24-13-20-12-21(31)10-9-18(20)14-34-24/h4,6,8-10,12-14,17,22,26H,5,7,11,15-16,33H2,1-3H3,(H,35,39)(H,34,36,40)/t22-,26-/m0/s1. The third kappa shape index (κ3) is 9.25. The average molecular weight is 606 g/mol. The predicted octanol–water partition coefficient (Wildman–Crippen LogP) is 5.23. The van der Waals surface area contributed by atoms with Gasteiger partial charge in [0.05, 0.1) is 17.7 Å². The number of anilines is 1. The molecule has 0 fully saturated rings. The van der Waals surface area contributed by atoms with Crippen LogP contribution in [0.2, 0.25) is 5.02 Å². The summed E-state index contributed by atoms with van der Waals surface area (Å²) in [4.78, 5) is 43.0. The Balaban J connectivity index is 1.61. The number of esters is 1. The van der Waals surface area contributed by atoms with Crippen molar-refractivity contribution in [1.82, 2.24) is 15.2 Å². The number of hydrogen-bond donors (Lipinski definition) is 3. The molecule has 0 aliphatic rings. The number of likely N-dealkylation sites (N-methyl/N-ethyl adjacent to an activating group) is 1. The van der Waals surface area contributed by atoms with Crippen LogP contribution in [0, 0.1) is 17.6 Å². The highest BCUT2D eigenvalue weighted by Crippen LogP contribution is 2.20. The fraction of sp³-hybridized carbons (Fsp3) is 0.379. The van der Waals surface area contributed by atoms with Crippen LogP contribution >= 0.6 is 11.6 Å². The maximum Gasteiger partial charge on any atom is 0.412 e. The first kappa shape index (κ1) is 32.5. The number of amides is 3. The van der Waals surface area contributed by atoms with Gasteiger partial charge >= 0.3 is 18.1 Å². The summed E-state index contributed by atoms with van der Waals surface area (Å²) in [6.07, 6.45) is 1.30. The van der Waals surface area contributed by atoms with Gasteiger partial charge in [0, 0.05) is 25.2 Å². The monoisotopic (exact) mass is 605 g/mol. The van der Waals surface area contributed by atoms with Crippen molar-refractivity contribution in [3.8, 4) is 0 Å². The number of urea groups is 1. The lowest BCUT2D eigenvalue weighted by atomic mass is 10.1. The molecule has 10 nitrogen and oxygen atoms in total. The van der Waals surface area contributed by atoms with Gasteiger partial charge in [-0.1, -0.05) is 37.6 Å². The van der Waals surface area contributed by atoms with E-state index in [9.17, 15) is 23.2 Å². The molecule has 13 heteroatoms. The number of nitrogens with two attached hydrogens (primary N) is 1. The molecule has 3 rings (SSSR count). The first-order valence-corrected chi connectivity index (χ1v) is 13.7. The van der Waals surface area contributed by atoms with Crippen molar-refractivity contribution in [2.45, 2.75) is 45.3 Å². The maximum absolute atomic E-state index is 13.8. The van der Waals surface area contributed by atoms with E-state index in [4.69, 9.17) is 26.8 Å². The molecule has 0 aliphatic carbocycles. The summed E-state index contributed by atoms with van der Waals surface area (Å²) in [7, 11) is 1.51. The number of ether oxygens (including phenoxy) is 2. The van der Waals surface area contributed by atoms with Crippen molar-refractivity contribution in [3.05, 3.63) is 70.9 Å². The molecular formula is C29H34ClF2N5O5. The number of halogens is 3. The Labute approximate surface area is 247 Å². The number of carbonyl (C=O) groups excluding carboxylic acids is 3. The van der Waals surface area contributed by atoms with Gasteiger partial charge in [-0.3, -0.25) is 10.1 Å². The Kier molecular flexibility index (Phi) is 11.8. The zero-order valence-electron chi connectivity index (χ0n) is 23.5. The number of rotatable bonds is 12. The molecule has 3 aromatic rings. The van der Waals surface area contributed by atoms with Crippen molar-refractivity contribution >= 4 is 46.3 Å². The van der Waals surface area contributed by atoms with E-state index in [-0.39, 0.29) is 36.5 Å². The Hall–Kier alpha value is -4.03. The van der Waals surface area contributed by atoms with Gasteiger partial charge in [-0.2, -0.15) is 0 Å². The van der Waals surface area contributed by atoms with Crippen LogP contribution < -0.4 is 16.4 Å². The van der Waals surface area contributed by atoms with Crippen LogP contribution in [-0.2, 0) is 20.8 Å². The van der Waals surface area contributed by atoms with Crippen LogP contribution in [0.5, 0.6) is 0 Å². The molecule has 0 bridgehead atoms. The minimum absolute atomic E-state index is 0.0350. The summed E-state index contributed by atoms with van der Waals surface area (Å²) in [6, 6.07) is 8.07. The topological polar surface area (TPSA) is 136 Å². The third-order valence-corrected chi connectivity index (χ3v) is 6.99. The summed E-state index contributed by atoms with van der Waals surface area (Å²) in [5.41, 5.74) is 6.21. The molecule has 226 valence electrons. The van der Waals surface area contributed by atoms with Gasteiger partial charge in [0.1, 0.15) is 30.1 Å². The fourth-order valence-corrected chi connectivity index (χ4v) is 4.08. The van der Waals surface area contributed by atoms with Crippen LogP contribution in [0.1, 0.15) is 32.3 Å². The zero-order chi connectivity index (χ0) is 30.8. The van der Waals surface area contributed by atoms with Gasteiger partial charge in [0.25, 0.3) is 0 Å². The van der Waals surface area contributed by atoms with Crippen molar-refractivity contribution in [2.24, 2.45) is 11.7 Å². The lowest BCUT2D eigenvalue weighted by molar-refractivity contribution is -0.146. The summed E-state index contributed by atoms with van der Waals surface area (Å²) in [5, 5.41) is 6.30. The summed E-state index contributed by atoms with van der Waals surface area (Å²) >= 11 is 5.98. The molecule has 3 amide bonds. The van der Waals surface area contributed by atoms with Crippen molar-refractivity contribution in [3.63, 3.8) is 0 Å². The van der Waals surface area contributed by atoms with Gasteiger partial charge in [-0.15, -0.1) is 0 Å². The van der Waals surface area contributed by atoms with E-state index in [0.29, 0.717) is 29.2 Å².